The average molecular weight is 384 g/mol. The number of hydrogen-bond acceptors (Lipinski definition) is 3. The number of amides is 1. The van der Waals surface area contributed by atoms with E-state index in [1.165, 1.54) is 0 Å². The molecule has 1 aliphatic rings. The van der Waals surface area contributed by atoms with Crippen LogP contribution in [-0.4, -0.2) is 41.3 Å². The normalized spacial score (nSPS) is 19.5. The van der Waals surface area contributed by atoms with Crippen molar-refractivity contribution in [1.82, 2.24) is 15.2 Å². The summed E-state index contributed by atoms with van der Waals surface area (Å²) in [6, 6.07) is 9.44. The third-order valence-corrected chi connectivity index (χ3v) is 4.84. The van der Waals surface area contributed by atoms with Gasteiger partial charge in [0.25, 0.3) is 5.91 Å². The van der Waals surface area contributed by atoms with E-state index in [1.54, 1.807) is 0 Å². The number of aryl methyl sites for hydroxylation is 1. The number of aromatic nitrogens is 1. The number of nitrogens with zero attached hydrogens (tertiary/aromatic N) is 1. The topological polar surface area (TPSA) is 66.3 Å². The molecule has 0 spiro atoms. The van der Waals surface area contributed by atoms with Crippen LogP contribution in [0, 0.1) is 19.8 Å². The third kappa shape index (κ3) is 4.18. The van der Waals surface area contributed by atoms with Crippen molar-refractivity contribution in [2.45, 2.75) is 20.0 Å². The Labute approximate surface area is 158 Å². The molecule has 0 bridgehead atoms. The van der Waals surface area contributed by atoms with Gasteiger partial charge in [-0.2, -0.15) is 0 Å². The maximum Gasteiger partial charge on any atom is 0.253 e. The van der Waals surface area contributed by atoms with Gasteiger partial charge in [0.1, 0.15) is 0 Å². The van der Waals surface area contributed by atoms with Gasteiger partial charge in [-0.25, -0.2) is 0 Å². The van der Waals surface area contributed by atoms with E-state index >= 15 is 0 Å². The van der Waals surface area contributed by atoms with Crippen molar-refractivity contribution in [1.29, 1.82) is 0 Å². The second-order valence-corrected chi connectivity index (χ2v) is 6.73. The highest BCUT2D eigenvalue weighted by Gasteiger charge is 2.26. The lowest BCUT2D eigenvalue weighted by atomic mass is 10.1. The summed E-state index contributed by atoms with van der Waals surface area (Å²) < 4.78 is 2.04. The van der Waals surface area contributed by atoms with Crippen molar-refractivity contribution in [2.75, 3.05) is 19.6 Å². The van der Waals surface area contributed by atoms with E-state index in [-0.39, 0.29) is 24.2 Å². The van der Waals surface area contributed by atoms with Crippen molar-refractivity contribution < 1.29 is 9.90 Å². The van der Waals surface area contributed by atoms with E-state index in [2.05, 4.69) is 10.6 Å². The zero-order valence-corrected chi connectivity index (χ0v) is 15.8. The van der Waals surface area contributed by atoms with Gasteiger partial charge in [0.2, 0.25) is 0 Å². The Morgan fingerprint density at radius 2 is 2.00 bits per heavy atom. The molecule has 0 saturated carbocycles. The van der Waals surface area contributed by atoms with Crippen LogP contribution >= 0.6 is 24.0 Å². The SMILES string of the molecule is Cc1cc(C(=O)NCC2CNCC2O)c(C)n1-c1ccc(Cl)cc1.Cl. The molecule has 1 aliphatic heterocycles. The minimum Gasteiger partial charge on any atom is -0.391 e. The average Bonchev–Trinajstić information content (AvgIpc) is 3.09. The molecule has 5 nitrogen and oxygen atoms in total. The maximum atomic E-state index is 12.5. The molecule has 1 amide bonds. The molecule has 1 saturated heterocycles. The van der Waals surface area contributed by atoms with E-state index in [4.69, 9.17) is 11.6 Å². The zero-order chi connectivity index (χ0) is 17.3. The van der Waals surface area contributed by atoms with Gasteiger partial charge in [0.15, 0.2) is 0 Å². The standard InChI is InChI=1S/C18H22ClN3O2.ClH/c1-11-7-16(18(24)21-9-13-8-20-10-17(13)23)12(2)22(11)15-5-3-14(19)4-6-15;/h3-7,13,17,20,23H,8-10H2,1-2H3,(H,21,24);1H. The van der Waals surface area contributed by atoms with Crippen LogP contribution in [0.25, 0.3) is 5.69 Å². The van der Waals surface area contributed by atoms with Gasteiger partial charge < -0.3 is 20.3 Å². The van der Waals surface area contributed by atoms with E-state index < -0.39 is 6.10 Å². The van der Waals surface area contributed by atoms with Crippen molar-refractivity contribution in [3.05, 3.63) is 52.3 Å². The first-order valence-corrected chi connectivity index (χ1v) is 8.47. The maximum absolute atomic E-state index is 12.5. The van der Waals surface area contributed by atoms with Crippen molar-refractivity contribution in [3.8, 4) is 5.69 Å². The van der Waals surface area contributed by atoms with Gasteiger partial charge in [-0.15, -0.1) is 12.4 Å². The molecule has 2 atom stereocenters. The highest BCUT2D eigenvalue weighted by Crippen LogP contribution is 2.22. The van der Waals surface area contributed by atoms with E-state index in [9.17, 15) is 9.90 Å². The van der Waals surface area contributed by atoms with Gasteiger partial charge in [0, 0.05) is 47.7 Å². The molecule has 1 aromatic heterocycles. The molecule has 1 aromatic carbocycles. The number of aliphatic hydroxyl groups is 1. The molecule has 2 heterocycles. The quantitative estimate of drug-likeness (QED) is 0.759. The molecule has 0 radical (unpaired) electrons. The lowest BCUT2D eigenvalue weighted by Crippen LogP contribution is -2.34. The third-order valence-electron chi connectivity index (χ3n) is 4.59. The number of β-amino-alcohol motifs (C(OH)–C–C–N with tert-alkyl or cyclic N) is 1. The minimum atomic E-state index is -0.396. The summed E-state index contributed by atoms with van der Waals surface area (Å²) in [5, 5.41) is 16.6. The highest BCUT2D eigenvalue weighted by molar-refractivity contribution is 6.30. The summed E-state index contributed by atoms with van der Waals surface area (Å²) in [6.45, 7) is 5.69. The summed E-state index contributed by atoms with van der Waals surface area (Å²) in [7, 11) is 0. The second-order valence-electron chi connectivity index (χ2n) is 6.29. The van der Waals surface area contributed by atoms with E-state index in [0.717, 1.165) is 23.6 Å². The first-order chi connectivity index (χ1) is 11.5. The number of hydrogen-bond donors (Lipinski definition) is 3. The van der Waals surface area contributed by atoms with Crippen LogP contribution in [0.2, 0.25) is 5.02 Å². The first-order valence-electron chi connectivity index (χ1n) is 8.09. The first kappa shape index (κ1) is 19.8. The fourth-order valence-electron chi connectivity index (χ4n) is 3.23. The minimum absolute atomic E-state index is 0. The second kappa shape index (κ2) is 8.23. The largest absolute Gasteiger partial charge is 0.391 e. The Morgan fingerprint density at radius 3 is 2.60 bits per heavy atom. The predicted octanol–water partition coefficient (Wildman–Crippen LogP) is 2.48. The van der Waals surface area contributed by atoms with Crippen LogP contribution in [0.3, 0.4) is 0 Å². The summed E-state index contributed by atoms with van der Waals surface area (Å²) in [6.07, 6.45) is -0.396. The molecule has 3 rings (SSSR count). The summed E-state index contributed by atoms with van der Waals surface area (Å²) in [4.78, 5) is 12.5. The molecule has 7 heteroatoms. The molecule has 2 unspecified atom stereocenters. The molecule has 1 fully saturated rings. The fourth-order valence-corrected chi connectivity index (χ4v) is 3.35. The van der Waals surface area contributed by atoms with Gasteiger partial charge >= 0.3 is 0 Å². The van der Waals surface area contributed by atoms with Crippen molar-refractivity contribution >= 4 is 29.9 Å². The summed E-state index contributed by atoms with van der Waals surface area (Å²) >= 11 is 5.95. The Bertz CT molecular complexity index is 744. The van der Waals surface area contributed by atoms with Crippen LogP contribution in [0.4, 0.5) is 0 Å². The fraction of sp³-hybridized carbons (Fsp3) is 0.389. The van der Waals surface area contributed by atoms with Crippen LogP contribution < -0.4 is 10.6 Å². The van der Waals surface area contributed by atoms with Crippen LogP contribution in [0.5, 0.6) is 0 Å². The number of carbonyl (C=O) groups excluding carboxylic acids is 1. The number of nitrogens with one attached hydrogen (secondary N) is 2. The molecule has 25 heavy (non-hydrogen) atoms. The van der Waals surface area contributed by atoms with E-state index in [1.807, 2.05) is 48.7 Å². The molecular weight excluding hydrogens is 361 g/mol. The predicted molar refractivity (Wildman–Crippen MR) is 102 cm³/mol. The van der Waals surface area contributed by atoms with E-state index in [0.29, 0.717) is 23.7 Å². The smallest absolute Gasteiger partial charge is 0.253 e. The lowest BCUT2D eigenvalue weighted by Gasteiger charge is -2.14. The van der Waals surface area contributed by atoms with Crippen LogP contribution in [-0.2, 0) is 0 Å². The van der Waals surface area contributed by atoms with Gasteiger partial charge in [-0.3, -0.25) is 4.79 Å². The zero-order valence-electron chi connectivity index (χ0n) is 14.3. The van der Waals surface area contributed by atoms with Crippen LogP contribution in [0.1, 0.15) is 21.7 Å². The number of aliphatic hydroxyl groups excluding tert-OH is 1. The Balaban J connectivity index is 0.00000225. The highest BCUT2D eigenvalue weighted by atomic mass is 35.5. The molecule has 136 valence electrons. The molecule has 0 aliphatic carbocycles. The summed E-state index contributed by atoms with van der Waals surface area (Å²) in [5.74, 6) is -0.0453. The summed E-state index contributed by atoms with van der Waals surface area (Å²) in [5.41, 5.74) is 3.51. The van der Waals surface area contributed by atoms with Gasteiger partial charge in [-0.05, 0) is 44.2 Å². The van der Waals surface area contributed by atoms with Crippen molar-refractivity contribution in [2.24, 2.45) is 5.92 Å². The number of benzene rings is 1. The molecular formula is C18H23Cl2N3O2. The molecule has 2 aromatic rings. The Kier molecular flexibility index (Phi) is 6.52. The number of carbonyl (C=O) groups is 1. The Morgan fingerprint density at radius 1 is 1.32 bits per heavy atom. The Hall–Kier alpha value is -1.53. The van der Waals surface area contributed by atoms with Crippen LogP contribution in [0.15, 0.2) is 30.3 Å². The molecule has 3 N–H and O–H groups in total. The van der Waals surface area contributed by atoms with Gasteiger partial charge in [-0.1, -0.05) is 11.6 Å². The number of halogens is 2. The lowest BCUT2D eigenvalue weighted by molar-refractivity contribution is 0.0926. The van der Waals surface area contributed by atoms with Crippen molar-refractivity contribution in [3.63, 3.8) is 0 Å². The monoisotopic (exact) mass is 383 g/mol. The van der Waals surface area contributed by atoms with Gasteiger partial charge in [0.05, 0.1) is 11.7 Å². The number of rotatable bonds is 4.